The van der Waals surface area contributed by atoms with Gasteiger partial charge >= 0.3 is 0 Å². The van der Waals surface area contributed by atoms with E-state index in [4.69, 9.17) is 19.4 Å². The van der Waals surface area contributed by atoms with Crippen LogP contribution in [0.2, 0.25) is 0 Å². The van der Waals surface area contributed by atoms with Crippen molar-refractivity contribution in [3.63, 3.8) is 0 Å². The highest BCUT2D eigenvalue weighted by molar-refractivity contribution is 8.00. The maximum atomic E-state index is 12.6. The summed E-state index contributed by atoms with van der Waals surface area (Å²) in [6, 6.07) is 29.2. The second kappa shape index (κ2) is 12.5. The van der Waals surface area contributed by atoms with Crippen LogP contribution in [-0.2, 0) is 6.42 Å². The van der Waals surface area contributed by atoms with E-state index in [1.54, 1.807) is 14.2 Å². The fourth-order valence-electron chi connectivity index (χ4n) is 4.19. The lowest BCUT2D eigenvalue weighted by atomic mass is 10.0. The zero-order valence-corrected chi connectivity index (χ0v) is 23.4. The maximum absolute atomic E-state index is 12.6. The van der Waals surface area contributed by atoms with E-state index >= 15 is 0 Å². The van der Waals surface area contributed by atoms with Gasteiger partial charge in [-0.05, 0) is 55.1 Å². The number of benzene rings is 4. The molecule has 1 aromatic heterocycles. The van der Waals surface area contributed by atoms with Crippen molar-refractivity contribution in [3.05, 3.63) is 108 Å². The summed E-state index contributed by atoms with van der Waals surface area (Å²) in [4.78, 5) is 23.3. The second-order valence-corrected chi connectivity index (χ2v) is 10.2. The average molecular weight is 551 g/mol. The van der Waals surface area contributed by atoms with Gasteiger partial charge in [0, 0.05) is 40.8 Å². The van der Waals surface area contributed by atoms with E-state index in [9.17, 15) is 4.79 Å². The van der Waals surface area contributed by atoms with E-state index in [0.29, 0.717) is 36.0 Å². The maximum Gasteiger partial charge on any atom is 0.180 e. The number of fused-ring (bicyclic) bond motifs is 1. The standard InChI is InChI=1S/C32H30N4O3S/c1-21-11-14-23(15-12-21)30(37)16-13-22-7-6-8-27(17-22)40-36-32-31(34-28-9-4-5-10-29(28)35-32)33-24-18-25(38-2)20-26(19-24)39-3/h4-12,14-15,17-20H,13,16H2,1-3H3,(H,33,34)(H,35,36). The fraction of sp³-hybridized carbons (Fsp3) is 0.156. The Balaban J connectivity index is 1.33. The van der Waals surface area contributed by atoms with Crippen molar-refractivity contribution in [1.82, 2.24) is 9.97 Å². The van der Waals surface area contributed by atoms with Gasteiger partial charge in [0.05, 0.1) is 25.3 Å². The number of nitrogens with one attached hydrogen (secondary N) is 2. The van der Waals surface area contributed by atoms with Crippen LogP contribution in [0.25, 0.3) is 11.0 Å². The predicted octanol–water partition coefficient (Wildman–Crippen LogP) is 7.63. The molecule has 0 saturated heterocycles. The molecule has 40 heavy (non-hydrogen) atoms. The Morgan fingerprint density at radius 2 is 1.48 bits per heavy atom. The number of rotatable bonds is 11. The van der Waals surface area contributed by atoms with Crippen LogP contribution in [0.4, 0.5) is 17.3 Å². The SMILES string of the molecule is COc1cc(Nc2nc3ccccc3nc2NSc2cccc(CCC(=O)c3ccc(C)cc3)c2)cc(OC)c1. The van der Waals surface area contributed by atoms with Gasteiger partial charge in [-0.25, -0.2) is 9.97 Å². The van der Waals surface area contributed by atoms with E-state index in [1.807, 2.05) is 91.9 Å². The molecule has 0 amide bonds. The first-order valence-corrected chi connectivity index (χ1v) is 13.7. The molecule has 0 saturated carbocycles. The molecule has 0 radical (unpaired) electrons. The first-order chi connectivity index (χ1) is 19.5. The average Bonchev–Trinajstić information content (AvgIpc) is 2.99. The van der Waals surface area contributed by atoms with Crippen LogP contribution in [0.15, 0.2) is 95.9 Å². The third-order valence-electron chi connectivity index (χ3n) is 6.36. The van der Waals surface area contributed by atoms with Gasteiger partial charge in [0.2, 0.25) is 0 Å². The van der Waals surface area contributed by atoms with Crippen LogP contribution in [0.3, 0.4) is 0 Å². The van der Waals surface area contributed by atoms with Crippen LogP contribution in [0.5, 0.6) is 11.5 Å². The molecular weight excluding hydrogens is 520 g/mol. The number of para-hydroxylation sites is 2. The highest BCUT2D eigenvalue weighted by atomic mass is 32.2. The third kappa shape index (κ3) is 6.71. The largest absolute Gasteiger partial charge is 0.497 e. The first kappa shape index (κ1) is 27.0. The zero-order chi connectivity index (χ0) is 27.9. The summed E-state index contributed by atoms with van der Waals surface area (Å²) < 4.78 is 14.2. The van der Waals surface area contributed by atoms with Crippen molar-refractivity contribution in [2.24, 2.45) is 0 Å². The number of ether oxygens (including phenoxy) is 2. The summed E-state index contributed by atoms with van der Waals surface area (Å²) in [5.41, 5.74) is 5.30. The third-order valence-corrected chi connectivity index (χ3v) is 7.15. The van der Waals surface area contributed by atoms with Crippen LogP contribution in [-0.4, -0.2) is 30.0 Å². The number of nitrogens with zero attached hydrogens (tertiary/aromatic N) is 2. The number of anilines is 3. The second-order valence-electron chi connectivity index (χ2n) is 9.28. The molecule has 202 valence electrons. The van der Waals surface area contributed by atoms with Crippen molar-refractivity contribution < 1.29 is 14.3 Å². The Kier molecular flexibility index (Phi) is 8.47. The van der Waals surface area contributed by atoms with Crippen molar-refractivity contribution in [1.29, 1.82) is 0 Å². The van der Waals surface area contributed by atoms with Crippen LogP contribution in [0, 0.1) is 6.92 Å². The lowest BCUT2D eigenvalue weighted by molar-refractivity contribution is 0.0983. The van der Waals surface area contributed by atoms with Gasteiger partial charge in [-0.3, -0.25) is 4.79 Å². The Labute approximate surface area is 238 Å². The summed E-state index contributed by atoms with van der Waals surface area (Å²) in [6.07, 6.45) is 1.13. The van der Waals surface area contributed by atoms with E-state index in [-0.39, 0.29) is 5.78 Å². The van der Waals surface area contributed by atoms with Gasteiger partial charge in [-0.1, -0.05) is 54.1 Å². The van der Waals surface area contributed by atoms with Gasteiger partial charge < -0.3 is 19.5 Å². The van der Waals surface area contributed by atoms with E-state index in [0.717, 1.165) is 38.3 Å². The number of aromatic nitrogens is 2. The number of Topliss-reactive ketones (excluding diaryl/α,β-unsaturated/α-hetero) is 1. The molecule has 0 atom stereocenters. The Bertz CT molecular complexity index is 1620. The zero-order valence-electron chi connectivity index (χ0n) is 22.6. The van der Waals surface area contributed by atoms with Gasteiger partial charge in [0.1, 0.15) is 11.5 Å². The van der Waals surface area contributed by atoms with Crippen LogP contribution >= 0.6 is 11.9 Å². The van der Waals surface area contributed by atoms with Crippen LogP contribution in [0.1, 0.15) is 27.9 Å². The number of carbonyl (C=O) groups is 1. The number of hydrogen-bond acceptors (Lipinski definition) is 8. The van der Waals surface area contributed by atoms with Gasteiger partial charge in [-0.15, -0.1) is 0 Å². The van der Waals surface area contributed by atoms with Crippen molar-refractivity contribution >= 4 is 46.1 Å². The highest BCUT2D eigenvalue weighted by Gasteiger charge is 2.12. The minimum atomic E-state index is 0.146. The van der Waals surface area contributed by atoms with Gasteiger partial charge in [0.15, 0.2) is 17.4 Å². The number of hydrogen-bond donors (Lipinski definition) is 2. The Morgan fingerprint density at radius 3 is 2.15 bits per heavy atom. The molecular formula is C32H30N4O3S. The summed E-state index contributed by atoms with van der Waals surface area (Å²) in [6.45, 7) is 2.02. The highest BCUT2D eigenvalue weighted by Crippen LogP contribution is 2.32. The number of ketones is 1. The summed E-state index contributed by atoms with van der Waals surface area (Å²) >= 11 is 1.44. The Hall–Kier alpha value is -4.56. The topological polar surface area (TPSA) is 85.4 Å². The van der Waals surface area contributed by atoms with E-state index in [2.05, 4.69) is 16.1 Å². The van der Waals surface area contributed by atoms with Crippen molar-refractivity contribution in [3.8, 4) is 11.5 Å². The summed E-state index contributed by atoms with van der Waals surface area (Å²) in [5, 5.41) is 3.37. The van der Waals surface area contributed by atoms with Gasteiger partial charge in [0.25, 0.3) is 0 Å². The number of aryl methyl sites for hydroxylation is 2. The predicted molar refractivity (Wildman–Crippen MR) is 162 cm³/mol. The molecule has 0 aliphatic carbocycles. The molecule has 5 aromatic rings. The van der Waals surface area contributed by atoms with Crippen LogP contribution < -0.4 is 19.5 Å². The number of carbonyl (C=O) groups excluding carboxylic acids is 1. The van der Waals surface area contributed by atoms with Crippen molar-refractivity contribution in [2.45, 2.75) is 24.7 Å². The van der Waals surface area contributed by atoms with Gasteiger partial charge in [-0.2, -0.15) is 0 Å². The molecule has 5 rings (SSSR count). The molecule has 2 N–H and O–H groups in total. The van der Waals surface area contributed by atoms with Crippen molar-refractivity contribution in [2.75, 3.05) is 24.3 Å². The molecule has 7 nitrogen and oxygen atoms in total. The van der Waals surface area contributed by atoms with E-state index in [1.165, 1.54) is 11.9 Å². The lowest BCUT2D eigenvalue weighted by Crippen LogP contribution is -2.03. The molecule has 0 bridgehead atoms. The lowest BCUT2D eigenvalue weighted by Gasteiger charge is -2.14. The monoisotopic (exact) mass is 550 g/mol. The molecule has 0 fully saturated rings. The fourth-order valence-corrected chi connectivity index (χ4v) is 4.90. The minimum Gasteiger partial charge on any atom is -0.497 e. The van der Waals surface area contributed by atoms with E-state index < -0.39 is 0 Å². The minimum absolute atomic E-state index is 0.146. The Morgan fingerprint density at radius 1 is 0.800 bits per heavy atom. The first-order valence-electron chi connectivity index (χ1n) is 12.9. The molecule has 0 aliphatic rings. The molecule has 1 heterocycles. The normalized spacial score (nSPS) is 10.8. The quantitative estimate of drug-likeness (QED) is 0.128. The molecule has 8 heteroatoms. The summed E-state index contributed by atoms with van der Waals surface area (Å²) in [7, 11) is 3.23. The number of methoxy groups -OCH3 is 2. The smallest absolute Gasteiger partial charge is 0.180 e. The molecule has 0 unspecified atom stereocenters. The molecule has 4 aromatic carbocycles. The molecule has 0 aliphatic heterocycles. The summed E-state index contributed by atoms with van der Waals surface area (Å²) in [5.74, 6) is 2.63. The molecule has 0 spiro atoms.